The van der Waals surface area contributed by atoms with E-state index in [1.54, 1.807) is 17.8 Å². The molecule has 2 aromatic heterocycles. The van der Waals surface area contributed by atoms with Crippen LogP contribution in [0.4, 0.5) is 0 Å². The van der Waals surface area contributed by atoms with Gasteiger partial charge in [0.25, 0.3) is 5.91 Å². The Bertz CT molecular complexity index is 785. The van der Waals surface area contributed by atoms with E-state index >= 15 is 0 Å². The molecule has 3 rings (SSSR count). The molecule has 7 nitrogen and oxygen atoms in total. The summed E-state index contributed by atoms with van der Waals surface area (Å²) >= 11 is 1.65. The molecule has 0 saturated carbocycles. The maximum Gasteiger partial charge on any atom is 0.287 e. The van der Waals surface area contributed by atoms with Gasteiger partial charge in [0.1, 0.15) is 5.76 Å². The average molecular weight is 329 g/mol. The normalized spacial score (nSPS) is 10.7. The van der Waals surface area contributed by atoms with Gasteiger partial charge in [-0.2, -0.15) is 17.0 Å². The zero-order valence-electron chi connectivity index (χ0n) is 12.4. The van der Waals surface area contributed by atoms with Crippen LogP contribution in [0.1, 0.15) is 21.9 Å². The highest BCUT2D eigenvalue weighted by molar-refractivity contribution is 7.97. The first-order valence-electron chi connectivity index (χ1n) is 6.95. The molecule has 118 valence electrons. The van der Waals surface area contributed by atoms with Crippen molar-refractivity contribution in [1.29, 1.82) is 0 Å². The van der Waals surface area contributed by atoms with E-state index in [1.165, 1.54) is 0 Å². The largest absolute Gasteiger partial charge is 0.455 e. The molecule has 0 bridgehead atoms. The summed E-state index contributed by atoms with van der Waals surface area (Å²) < 4.78 is 5.49. The molecule has 2 N–H and O–H groups in total. The average Bonchev–Trinajstić information content (AvgIpc) is 3.25. The molecule has 1 aromatic carbocycles. The number of rotatable bonds is 6. The molecule has 0 atom stereocenters. The molecule has 0 aliphatic rings. The van der Waals surface area contributed by atoms with Crippen molar-refractivity contribution in [2.75, 3.05) is 6.26 Å². The van der Waals surface area contributed by atoms with Crippen LogP contribution in [0.25, 0.3) is 11.4 Å². The van der Waals surface area contributed by atoms with E-state index in [0.717, 1.165) is 22.6 Å². The Morgan fingerprint density at radius 1 is 1.35 bits per heavy atom. The fraction of sp³-hybridized carbons (Fsp3) is 0.200. The highest BCUT2D eigenvalue weighted by Gasteiger charge is 2.11. The summed E-state index contributed by atoms with van der Waals surface area (Å²) in [6.07, 6.45) is 1.99. The number of thioether (sulfide) groups is 1. The van der Waals surface area contributed by atoms with E-state index in [9.17, 15) is 4.79 Å². The van der Waals surface area contributed by atoms with E-state index in [-0.39, 0.29) is 5.91 Å². The lowest BCUT2D eigenvalue weighted by molar-refractivity contribution is 0.0922. The summed E-state index contributed by atoms with van der Waals surface area (Å²) in [5.74, 6) is 2.15. The standard InChI is InChI=1S/C15H15N5O2S/c1-23-9-12-5-6-13(22-12)15(21)16-8-10-3-2-4-11(7-10)14-17-19-20-18-14/h2-7H,8-9H2,1H3,(H,16,21)(H,17,18,19,20). The Morgan fingerprint density at radius 2 is 2.26 bits per heavy atom. The fourth-order valence-corrected chi connectivity index (χ4v) is 2.53. The van der Waals surface area contributed by atoms with Crippen molar-refractivity contribution in [3.8, 4) is 11.4 Å². The molecule has 0 aliphatic heterocycles. The number of H-pyrrole nitrogens is 1. The molecule has 2 heterocycles. The summed E-state index contributed by atoms with van der Waals surface area (Å²) in [7, 11) is 0. The maximum absolute atomic E-state index is 12.1. The number of amides is 1. The van der Waals surface area contributed by atoms with Crippen LogP contribution in [-0.2, 0) is 12.3 Å². The number of benzene rings is 1. The van der Waals surface area contributed by atoms with Crippen molar-refractivity contribution in [2.24, 2.45) is 0 Å². The van der Waals surface area contributed by atoms with Gasteiger partial charge in [-0.1, -0.05) is 18.2 Å². The van der Waals surface area contributed by atoms with Gasteiger partial charge >= 0.3 is 0 Å². The zero-order valence-corrected chi connectivity index (χ0v) is 13.3. The number of nitrogens with one attached hydrogen (secondary N) is 2. The first kappa shape index (κ1) is 15.3. The topological polar surface area (TPSA) is 96.7 Å². The Balaban J connectivity index is 1.63. The lowest BCUT2D eigenvalue weighted by atomic mass is 10.1. The molecule has 0 radical (unpaired) electrons. The molecule has 0 unspecified atom stereocenters. The van der Waals surface area contributed by atoms with E-state index in [1.807, 2.05) is 36.6 Å². The molecular formula is C15H15N5O2S. The Labute approximate surface area is 136 Å². The van der Waals surface area contributed by atoms with Gasteiger partial charge in [-0.25, -0.2) is 0 Å². The Morgan fingerprint density at radius 3 is 3.04 bits per heavy atom. The number of tetrazole rings is 1. The summed E-state index contributed by atoms with van der Waals surface area (Å²) in [5.41, 5.74) is 1.78. The van der Waals surface area contributed by atoms with Gasteiger partial charge in [0, 0.05) is 12.1 Å². The number of hydrogen-bond acceptors (Lipinski definition) is 6. The van der Waals surface area contributed by atoms with Gasteiger partial charge in [-0.05, 0) is 35.2 Å². The molecular weight excluding hydrogens is 314 g/mol. The smallest absolute Gasteiger partial charge is 0.287 e. The van der Waals surface area contributed by atoms with E-state index in [2.05, 4.69) is 25.9 Å². The van der Waals surface area contributed by atoms with Crippen LogP contribution < -0.4 is 5.32 Å². The van der Waals surface area contributed by atoms with Gasteiger partial charge in [0.15, 0.2) is 5.76 Å². The number of aromatic nitrogens is 4. The number of furan rings is 1. The predicted octanol–water partition coefficient (Wildman–Crippen LogP) is 2.25. The SMILES string of the molecule is CSCc1ccc(C(=O)NCc2cccc(-c3nn[nH]n3)c2)o1. The lowest BCUT2D eigenvalue weighted by Gasteiger charge is -2.05. The van der Waals surface area contributed by atoms with Gasteiger partial charge in [-0.3, -0.25) is 4.79 Å². The predicted molar refractivity (Wildman–Crippen MR) is 86.7 cm³/mol. The van der Waals surface area contributed by atoms with Crippen molar-refractivity contribution in [2.45, 2.75) is 12.3 Å². The van der Waals surface area contributed by atoms with E-state index in [0.29, 0.717) is 18.1 Å². The fourth-order valence-electron chi connectivity index (χ4n) is 2.09. The van der Waals surface area contributed by atoms with Crippen LogP contribution in [0.3, 0.4) is 0 Å². The quantitative estimate of drug-likeness (QED) is 0.720. The summed E-state index contributed by atoms with van der Waals surface area (Å²) in [4.78, 5) is 12.1. The Kier molecular flexibility index (Phi) is 4.72. The monoisotopic (exact) mass is 329 g/mol. The lowest BCUT2D eigenvalue weighted by Crippen LogP contribution is -2.22. The number of nitrogens with zero attached hydrogens (tertiary/aromatic N) is 3. The minimum atomic E-state index is -0.234. The first-order valence-corrected chi connectivity index (χ1v) is 8.34. The number of aromatic amines is 1. The van der Waals surface area contributed by atoms with Gasteiger partial charge < -0.3 is 9.73 Å². The zero-order chi connectivity index (χ0) is 16.1. The summed E-state index contributed by atoms with van der Waals surface area (Å²) in [6.45, 7) is 0.392. The second kappa shape index (κ2) is 7.10. The third-order valence-electron chi connectivity index (χ3n) is 3.16. The number of carbonyl (C=O) groups is 1. The molecule has 3 aromatic rings. The number of hydrogen-bond donors (Lipinski definition) is 2. The van der Waals surface area contributed by atoms with Crippen LogP contribution in [0.15, 0.2) is 40.8 Å². The highest BCUT2D eigenvalue weighted by atomic mass is 32.2. The molecule has 23 heavy (non-hydrogen) atoms. The number of carbonyl (C=O) groups excluding carboxylic acids is 1. The second-order valence-electron chi connectivity index (χ2n) is 4.82. The van der Waals surface area contributed by atoms with E-state index < -0.39 is 0 Å². The van der Waals surface area contributed by atoms with Gasteiger partial charge in [0.2, 0.25) is 5.82 Å². The molecule has 0 fully saturated rings. The molecule has 1 amide bonds. The molecule has 0 aliphatic carbocycles. The molecule has 0 spiro atoms. The van der Waals surface area contributed by atoms with Crippen LogP contribution in [-0.4, -0.2) is 32.8 Å². The molecule has 8 heteroatoms. The highest BCUT2D eigenvalue weighted by Crippen LogP contribution is 2.16. The summed E-state index contributed by atoms with van der Waals surface area (Å²) in [6, 6.07) is 11.1. The van der Waals surface area contributed by atoms with Gasteiger partial charge in [-0.15, -0.1) is 10.2 Å². The third-order valence-corrected chi connectivity index (χ3v) is 3.73. The van der Waals surface area contributed by atoms with Crippen LogP contribution >= 0.6 is 11.8 Å². The van der Waals surface area contributed by atoms with Crippen LogP contribution in [0.5, 0.6) is 0 Å². The first-order chi connectivity index (χ1) is 11.3. The third kappa shape index (κ3) is 3.78. The Hall–Kier alpha value is -2.61. The van der Waals surface area contributed by atoms with Crippen molar-refractivity contribution >= 4 is 17.7 Å². The summed E-state index contributed by atoms with van der Waals surface area (Å²) in [5, 5.41) is 16.7. The minimum Gasteiger partial charge on any atom is -0.455 e. The van der Waals surface area contributed by atoms with E-state index in [4.69, 9.17) is 4.42 Å². The van der Waals surface area contributed by atoms with Crippen molar-refractivity contribution in [3.05, 3.63) is 53.5 Å². The minimum absolute atomic E-state index is 0.234. The van der Waals surface area contributed by atoms with Crippen LogP contribution in [0, 0.1) is 0 Å². The van der Waals surface area contributed by atoms with Crippen molar-refractivity contribution in [3.63, 3.8) is 0 Å². The second-order valence-corrected chi connectivity index (χ2v) is 5.68. The maximum atomic E-state index is 12.1. The molecule has 0 saturated heterocycles. The van der Waals surface area contributed by atoms with Gasteiger partial charge in [0.05, 0.1) is 5.75 Å². The van der Waals surface area contributed by atoms with Crippen LogP contribution in [0.2, 0.25) is 0 Å². The van der Waals surface area contributed by atoms with Crippen molar-refractivity contribution < 1.29 is 9.21 Å². The van der Waals surface area contributed by atoms with Crippen molar-refractivity contribution in [1.82, 2.24) is 25.9 Å².